The van der Waals surface area contributed by atoms with E-state index in [0.717, 1.165) is 27.5 Å². The molecule has 3 aromatic rings. The highest BCUT2D eigenvalue weighted by Gasteiger charge is 2.69. The minimum absolute atomic E-state index is 0.00190. The topological polar surface area (TPSA) is 155 Å². The summed E-state index contributed by atoms with van der Waals surface area (Å²) in [6.45, 7) is 4.05. The summed E-state index contributed by atoms with van der Waals surface area (Å²) < 4.78 is 11.9. The molecule has 246 valence electrons. The van der Waals surface area contributed by atoms with E-state index in [4.69, 9.17) is 14.6 Å². The fourth-order valence-corrected chi connectivity index (χ4v) is 11.1. The number of thiazole rings is 1. The predicted molar refractivity (Wildman–Crippen MR) is 175 cm³/mol. The first kappa shape index (κ1) is 31.5. The van der Waals surface area contributed by atoms with Gasteiger partial charge in [-0.3, -0.25) is 28.9 Å². The highest BCUT2D eigenvalue weighted by molar-refractivity contribution is 8.00. The monoisotopic (exact) mass is 677 g/mol. The van der Waals surface area contributed by atoms with Crippen LogP contribution in [0, 0.1) is 36.5 Å². The summed E-state index contributed by atoms with van der Waals surface area (Å²) in [6, 6.07) is 13.1. The van der Waals surface area contributed by atoms with Crippen LogP contribution in [0.1, 0.15) is 48.1 Å². The number of likely N-dealkylation sites (tertiary alicyclic amines) is 1. The number of H-pyrrole nitrogens is 1. The Balaban J connectivity index is 1.17. The normalized spacial score (nSPS) is 26.9. The Kier molecular flexibility index (Phi) is 8.37. The van der Waals surface area contributed by atoms with Gasteiger partial charge >= 0.3 is 10.8 Å². The number of carbonyl (C=O) groups excluding carboxylic acids is 3. The molecule has 3 fully saturated rings. The van der Waals surface area contributed by atoms with E-state index in [0.29, 0.717) is 23.8 Å². The lowest BCUT2D eigenvalue weighted by Gasteiger charge is -2.43. The SMILES string of the molecule is CCOc1cc([C@H]2c3sc(=O)[nH]c3SC3C4CC(C5C(=O)N(CCCC(=O)O)C(=O)C45)C32)ccc1OCC(=O)Nc1ccccc1C. The van der Waals surface area contributed by atoms with Gasteiger partial charge in [0.15, 0.2) is 18.1 Å². The largest absolute Gasteiger partial charge is 0.490 e. The first-order valence-corrected chi connectivity index (χ1v) is 17.6. The number of hydrogen-bond donors (Lipinski definition) is 3. The zero-order chi connectivity index (χ0) is 33.0. The lowest BCUT2D eigenvalue weighted by molar-refractivity contribution is -0.142. The number of aryl methyl sites for hydroxylation is 1. The number of carbonyl (C=O) groups is 4. The van der Waals surface area contributed by atoms with Crippen molar-refractivity contribution in [2.45, 2.75) is 49.3 Å². The molecule has 1 saturated heterocycles. The zero-order valence-corrected chi connectivity index (χ0v) is 27.5. The van der Waals surface area contributed by atoms with Gasteiger partial charge in [0.1, 0.15) is 0 Å². The second-order valence-electron chi connectivity index (χ2n) is 12.6. The van der Waals surface area contributed by atoms with Gasteiger partial charge in [-0.1, -0.05) is 35.6 Å². The van der Waals surface area contributed by atoms with Crippen LogP contribution in [0.3, 0.4) is 0 Å². The van der Waals surface area contributed by atoms with E-state index in [1.165, 1.54) is 16.2 Å². The van der Waals surface area contributed by atoms with Crippen molar-refractivity contribution >= 4 is 52.5 Å². The molecule has 2 aliphatic heterocycles. The average molecular weight is 678 g/mol. The molecular weight excluding hydrogens is 643 g/mol. The molecule has 13 heteroatoms. The summed E-state index contributed by atoms with van der Waals surface area (Å²) in [5.41, 5.74) is 2.57. The number of carboxylic acids is 1. The number of fused-ring (bicyclic) bond motifs is 9. The Bertz CT molecular complexity index is 1820. The second kappa shape index (κ2) is 12.5. The third-order valence-corrected chi connectivity index (χ3v) is 12.6. The summed E-state index contributed by atoms with van der Waals surface area (Å²) in [5.74, 6) is -1.91. The van der Waals surface area contributed by atoms with Crippen LogP contribution in [0.5, 0.6) is 11.5 Å². The van der Waals surface area contributed by atoms with E-state index in [1.54, 1.807) is 17.8 Å². The first-order valence-electron chi connectivity index (χ1n) is 15.9. The number of thioether (sulfide) groups is 1. The van der Waals surface area contributed by atoms with E-state index >= 15 is 0 Å². The van der Waals surface area contributed by atoms with Crippen molar-refractivity contribution in [2.24, 2.45) is 29.6 Å². The van der Waals surface area contributed by atoms with Crippen LogP contribution in [0.4, 0.5) is 5.69 Å². The van der Waals surface area contributed by atoms with Crippen LogP contribution in [-0.2, 0) is 19.2 Å². The van der Waals surface area contributed by atoms with Gasteiger partial charge in [0, 0.05) is 34.7 Å². The number of nitrogens with one attached hydrogen (secondary N) is 2. The molecule has 3 amide bonds. The standard InChI is InChI=1S/C34H35N3O8S2/c1-3-44-22-13-17(10-11-21(22)45-15-23(38)35-20-8-5-4-7-16(20)2)25-26-18-14-19(29(26)46-31-30(25)47-34(43)36-31)28-27(18)32(41)37(33(28)42)12-6-9-24(39)40/h4-5,7-8,10-11,13,18-19,25-29H,3,6,9,12,14-15H2,1-2H3,(H,35,38)(H,36,43)(H,39,40)/t18?,19?,25-,26?,27?,28?,29?/m1/s1. The fourth-order valence-electron chi connectivity index (χ4n) is 8.21. The maximum Gasteiger partial charge on any atom is 0.305 e. The molecule has 47 heavy (non-hydrogen) atoms. The van der Waals surface area contributed by atoms with Crippen molar-refractivity contribution in [3.05, 3.63) is 68.1 Å². The third-order valence-electron chi connectivity index (χ3n) is 9.99. The Morgan fingerprint density at radius 1 is 1.04 bits per heavy atom. The van der Waals surface area contributed by atoms with E-state index in [2.05, 4.69) is 10.3 Å². The molecule has 2 aliphatic carbocycles. The molecule has 3 N–H and O–H groups in total. The number of benzene rings is 2. The van der Waals surface area contributed by atoms with Gasteiger partial charge in [-0.15, -0.1) is 11.8 Å². The Hall–Kier alpha value is -4.10. The molecule has 7 rings (SSSR count). The molecular formula is C34H35N3O8S2. The Morgan fingerprint density at radius 2 is 1.81 bits per heavy atom. The number of imide groups is 1. The van der Waals surface area contributed by atoms with E-state index in [1.807, 2.05) is 50.2 Å². The molecule has 4 aliphatic rings. The molecule has 3 heterocycles. The molecule has 2 aromatic carbocycles. The number of carboxylic acid groups (broad SMARTS) is 1. The number of para-hydroxylation sites is 1. The van der Waals surface area contributed by atoms with Gasteiger partial charge in [-0.2, -0.15) is 0 Å². The molecule has 11 nitrogen and oxygen atoms in total. The van der Waals surface area contributed by atoms with Crippen LogP contribution in [0.25, 0.3) is 0 Å². The van der Waals surface area contributed by atoms with Crippen LogP contribution >= 0.6 is 23.1 Å². The third kappa shape index (κ3) is 5.52. The zero-order valence-electron chi connectivity index (χ0n) is 25.9. The molecule has 7 atom stereocenters. The van der Waals surface area contributed by atoms with Gasteiger partial charge < -0.3 is 24.9 Å². The lowest BCUT2D eigenvalue weighted by Crippen LogP contribution is -2.42. The van der Waals surface area contributed by atoms with Crippen molar-refractivity contribution in [1.82, 2.24) is 9.88 Å². The first-order chi connectivity index (χ1) is 22.7. The number of amides is 3. The van der Waals surface area contributed by atoms with E-state index in [9.17, 15) is 24.0 Å². The molecule has 1 aromatic heterocycles. The lowest BCUT2D eigenvalue weighted by atomic mass is 9.68. The average Bonchev–Trinajstić information content (AvgIpc) is 3.77. The summed E-state index contributed by atoms with van der Waals surface area (Å²) in [6.07, 6.45) is 0.880. The van der Waals surface area contributed by atoms with Crippen molar-refractivity contribution in [1.29, 1.82) is 0 Å². The molecule has 6 unspecified atom stereocenters. The molecule has 0 radical (unpaired) electrons. The maximum atomic E-state index is 13.7. The van der Waals surface area contributed by atoms with Gasteiger partial charge in [0.2, 0.25) is 11.8 Å². The number of nitrogens with zero attached hydrogens (tertiary/aromatic N) is 1. The minimum atomic E-state index is -0.955. The number of ether oxygens (including phenoxy) is 2. The second-order valence-corrected chi connectivity index (χ2v) is 14.8. The van der Waals surface area contributed by atoms with E-state index < -0.39 is 17.8 Å². The number of rotatable bonds is 11. The smallest absolute Gasteiger partial charge is 0.305 e. The molecule has 2 saturated carbocycles. The van der Waals surface area contributed by atoms with Crippen LogP contribution in [0.15, 0.2) is 52.3 Å². The predicted octanol–water partition coefficient (Wildman–Crippen LogP) is 4.50. The van der Waals surface area contributed by atoms with E-state index in [-0.39, 0.29) is 77.5 Å². The fraction of sp³-hybridized carbons (Fsp3) is 0.441. The number of anilines is 1. The van der Waals surface area contributed by atoms with Crippen LogP contribution < -0.4 is 19.7 Å². The van der Waals surface area contributed by atoms with Gasteiger partial charge in [0.25, 0.3) is 5.91 Å². The Labute approximate surface area is 279 Å². The van der Waals surface area contributed by atoms with Crippen LogP contribution in [0.2, 0.25) is 0 Å². The number of hydrogen-bond acceptors (Lipinski definition) is 9. The number of aromatic amines is 1. The maximum absolute atomic E-state index is 13.7. The van der Waals surface area contributed by atoms with Gasteiger partial charge in [0.05, 0.1) is 23.5 Å². The molecule has 0 spiro atoms. The number of aromatic nitrogens is 1. The van der Waals surface area contributed by atoms with Crippen molar-refractivity contribution < 1.29 is 33.8 Å². The Morgan fingerprint density at radius 3 is 2.55 bits per heavy atom. The summed E-state index contributed by atoms with van der Waals surface area (Å²) in [7, 11) is 0. The minimum Gasteiger partial charge on any atom is -0.490 e. The van der Waals surface area contributed by atoms with Crippen LogP contribution in [-0.4, -0.2) is 63.7 Å². The van der Waals surface area contributed by atoms with Crippen molar-refractivity contribution in [3.8, 4) is 11.5 Å². The van der Waals surface area contributed by atoms with Gasteiger partial charge in [-0.05, 0) is 73.8 Å². The number of aliphatic carboxylic acids is 1. The van der Waals surface area contributed by atoms with Gasteiger partial charge in [-0.25, -0.2) is 0 Å². The summed E-state index contributed by atoms with van der Waals surface area (Å²) in [5, 5.41) is 12.8. The van der Waals surface area contributed by atoms with Crippen molar-refractivity contribution in [2.75, 3.05) is 25.1 Å². The highest BCUT2D eigenvalue weighted by atomic mass is 32.2. The summed E-state index contributed by atoms with van der Waals surface area (Å²) >= 11 is 2.79. The quantitative estimate of drug-likeness (QED) is 0.249. The molecule has 2 bridgehead atoms. The highest BCUT2D eigenvalue weighted by Crippen LogP contribution is 2.68. The van der Waals surface area contributed by atoms with Crippen molar-refractivity contribution in [3.63, 3.8) is 0 Å². The summed E-state index contributed by atoms with van der Waals surface area (Å²) in [4.78, 5) is 68.8.